The van der Waals surface area contributed by atoms with Crippen LogP contribution in [-0.2, 0) is 36.6 Å². The lowest BCUT2D eigenvalue weighted by molar-refractivity contribution is -0.368. The highest BCUT2D eigenvalue weighted by Gasteiger charge is 2.35. The lowest BCUT2D eigenvalue weighted by Crippen LogP contribution is -2.52. The van der Waals surface area contributed by atoms with E-state index in [0.717, 1.165) is 82.3 Å². The first-order chi connectivity index (χ1) is 31.8. The van der Waals surface area contributed by atoms with Crippen molar-refractivity contribution in [3.8, 4) is 12.3 Å². The van der Waals surface area contributed by atoms with Crippen molar-refractivity contribution in [2.45, 2.75) is 97.1 Å². The number of aryl methyl sites for hydroxylation is 2. The van der Waals surface area contributed by atoms with Gasteiger partial charge >= 0.3 is 0 Å². The maximum atomic E-state index is 14.2. The van der Waals surface area contributed by atoms with Crippen LogP contribution in [0.25, 0.3) is 0 Å². The highest BCUT2D eigenvalue weighted by Crippen LogP contribution is 2.26. The molecule has 2 aliphatic rings. The molecule has 2 amide bonds. The van der Waals surface area contributed by atoms with Crippen LogP contribution in [0.15, 0.2) is 12.4 Å². The standard InChI is InChI=1S/C44H74N16O5/c1-5-8-13-36-33-59(53-51-36)38(15-10-12-17-46)40(61)55-19-23-57(24-20-55)43-48-42(47-18-28-64-30-32-65-31-29-63-27-6-2)49-44(50-43)58-25-21-56(22-26-58)41(62)39(35(4)7-3)60-34-37(52-54-60)14-9-11-16-45/h2,33-35,38-39H,5,7-32,45-46H2,1,3-4H3,(H,47,48,49,50)/p+2/t35-,38-,39-/m0/s1. The van der Waals surface area contributed by atoms with Gasteiger partial charge in [-0.1, -0.05) is 50.0 Å². The fraction of sp³-hybridized carbons (Fsp3) is 0.750. The van der Waals surface area contributed by atoms with Gasteiger partial charge in [0, 0.05) is 71.3 Å². The molecule has 21 nitrogen and oxygen atoms in total. The molecule has 0 aliphatic carbocycles. The van der Waals surface area contributed by atoms with Crippen molar-refractivity contribution in [2.75, 3.05) is 127 Å². The molecule has 0 bridgehead atoms. The Hall–Kier alpha value is -5.01. The highest BCUT2D eigenvalue weighted by molar-refractivity contribution is 5.81. The third-order valence-corrected chi connectivity index (χ3v) is 12.0. The van der Waals surface area contributed by atoms with E-state index in [2.05, 4.69) is 73.9 Å². The number of hydrogen-bond donors (Lipinski definition) is 3. The van der Waals surface area contributed by atoms with E-state index < -0.39 is 12.1 Å². The summed E-state index contributed by atoms with van der Waals surface area (Å²) in [5, 5.41) is 21.0. The second kappa shape index (κ2) is 28.1. The largest absolute Gasteiger partial charge is 0.377 e. The molecule has 0 radical (unpaired) electrons. The number of rotatable bonds is 30. The van der Waals surface area contributed by atoms with Crippen LogP contribution in [0.5, 0.6) is 0 Å². The van der Waals surface area contributed by atoms with Crippen molar-refractivity contribution in [3.05, 3.63) is 23.8 Å². The Kier molecular flexibility index (Phi) is 22.1. The van der Waals surface area contributed by atoms with Crippen molar-refractivity contribution in [3.63, 3.8) is 0 Å². The number of piperazine rings is 2. The lowest BCUT2D eigenvalue weighted by Gasteiger charge is -2.38. The fourth-order valence-electron chi connectivity index (χ4n) is 7.88. The van der Waals surface area contributed by atoms with E-state index in [-0.39, 0.29) is 24.3 Å². The van der Waals surface area contributed by atoms with Gasteiger partial charge in [-0.25, -0.2) is 9.36 Å². The van der Waals surface area contributed by atoms with Gasteiger partial charge in [0.25, 0.3) is 0 Å². The summed E-state index contributed by atoms with van der Waals surface area (Å²) in [7, 11) is 0. The van der Waals surface area contributed by atoms with E-state index in [4.69, 9.17) is 35.6 Å². The summed E-state index contributed by atoms with van der Waals surface area (Å²) in [6, 6.07) is -0.846. The van der Waals surface area contributed by atoms with Crippen molar-refractivity contribution < 1.29 is 35.3 Å². The summed E-state index contributed by atoms with van der Waals surface area (Å²) >= 11 is 0. The summed E-state index contributed by atoms with van der Waals surface area (Å²) < 4.78 is 20.1. The van der Waals surface area contributed by atoms with Crippen LogP contribution in [0.1, 0.15) is 95.6 Å². The maximum Gasteiger partial charge on any atom is 0.247 e. The number of nitrogens with zero attached hydrogens (tertiary/aromatic N) is 13. The zero-order chi connectivity index (χ0) is 46.2. The van der Waals surface area contributed by atoms with E-state index in [1.807, 2.05) is 22.2 Å². The lowest BCUT2D eigenvalue weighted by atomic mass is 9.97. The van der Waals surface area contributed by atoms with Crippen LogP contribution in [0, 0.1) is 18.3 Å². The molecule has 3 atom stereocenters. The molecule has 5 heterocycles. The Morgan fingerprint density at radius 1 is 0.723 bits per heavy atom. The average molecular weight is 909 g/mol. The zero-order valence-corrected chi connectivity index (χ0v) is 39.3. The summed E-state index contributed by atoms with van der Waals surface area (Å²) in [6.07, 6.45) is 18.2. The molecule has 0 aromatic carbocycles. The summed E-state index contributed by atoms with van der Waals surface area (Å²) in [5.74, 6) is 4.10. The van der Waals surface area contributed by atoms with Gasteiger partial charge in [-0.05, 0) is 57.3 Å². The number of terminal acetylenes is 1. The first-order valence-electron chi connectivity index (χ1n) is 23.9. The van der Waals surface area contributed by atoms with E-state index in [1.165, 1.54) is 0 Å². The molecule has 2 saturated heterocycles. The Bertz CT molecular complexity index is 1870. The third kappa shape index (κ3) is 15.8. The van der Waals surface area contributed by atoms with Gasteiger partial charge in [0.1, 0.15) is 18.7 Å². The van der Waals surface area contributed by atoms with E-state index in [0.29, 0.717) is 116 Å². The first kappa shape index (κ1) is 51.0. The van der Waals surface area contributed by atoms with Crippen molar-refractivity contribution in [2.24, 2.45) is 5.92 Å². The Labute approximate surface area is 384 Å². The van der Waals surface area contributed by atoms with E-state index in [1.54, 1.807) is 9.36 Å². The smallest absolute Gasteiger partial charge is 0.247 e. The van der Waals surface area contributed by atoms with Gasteiger partial charge in [-0.2, -0.15) is 15.0 Å². The van der Waals surface area contributed by atoms with Crippen LogP contribution < -0.4 is 26.6 Å². The minimum atomic E-state index is -0.434. The molecule has 21 heteroatoms. The van der Waals surface area contributed by atoms with Crippen LogP contribution in [-0.4, -0.2) is 178 Å². The van der Waals surface area contributed by atoms with Gasteiger partial charge in [-0.3, -0.25) is 9.59 Å². The molecule has 3 aromatic rings. The van der Waals surface area contributed by atoms with Gasteiger partial charge in [0.15, 0.2) is 0 Å². The summed E-state index contributed by atoms with van der Waals surface area (Å²) in [4.78, 5) is 51.1. The van der Waals surface area contributed by atoms with Crippen molar-refractivity contribution in [1.29, 1.82) is 0 Å². The molecule has 7 N–H and O–H groups in total. The Balaban J connectivity index is 1.24. The predicted molar refractivity (Wildman–Crippen MR) is 246 cm³/mol. The second-order valence-corrected chi connectivity index (χ2v) is 16.8. The fourth-order valence-corrected chi connectivity index (χ4v) is 7.88. The van der Waals surface area contributed by atoms with Gasteiger partial charge < -0.3 is 50.6 Å². The number of carbonyl (C=O) groups excluding carboxylic acids is 2. The number of amides is 2. The van der Waals surface area contributed by atoms with Gasteiger partial charge in [0.05, 0.1) is 57.5 Å². The van der Waals surface area contributed by atoms with Crippen LogP contribution in [0.2, 0.25) is 0 Å². The minimum Gasteiger partial charge on any atom is -0.377 e. The molecule has 2 fully saturated rings. The van der Waals surface area contributed by atoms with Gasteiger partial charge in [0.2, 0.25) is 29.7 Å². The Morgan fingerprint density at radius 3 is 1.88 bits per heavy atom. The number of aromatic nitrogens is 9. The third-order valence-electron chi connectivity index (χ3n) is 12.0. The minimum absolute atomic E-state index is 0.0484. The molecule has 0 spiro atoms. The SMILES string of the molecule is C#CCOCCOCCOCCNc1nc(N2CCN(C(=O)[C@H]([C@@H](C)CC)n3cc(CCCC[NH3+])nn3)CC2)nc(N2CCN(C(=O)[C@H](CCCC[NH3+])n3cc(CCCC)nn3)CC2)n1. The Morgan fingerprint density at radius 2 is 1.28 bits per heavy atom. The van der Waals surface area contributed by atoms with Crippen LogP contribution >= 0.6 is 0 Å². The molecule has 0 unspecified atom stereocenters. The second-order valence-electron chi connectivity index (χ2n) is 16.8. The molecule has 65 heavy (non-hydrogen) atoms. The molecule has 0 saturated carbocycles. The number of carbonyl (C=O) groups is 2. The number of unbranched alkanes of at least 4 members (excludes halogenated alkanes) is 3. The topological polar surface area (TPSA) is 242 Å². The first-order valence-corrected chi connectivity index (χ1v) is 23.9. The number of anilines is 3. The monoisotopic (exact) mass is 909 g/mol. The average Bonchev–Trinajstić information content (AvgIpc) is 4.01. The highest BCUT2D eigenvalue weighted by atomic mass is 16.5. The molecule has 360 valence electrons. The number of quaternary nitrogens is 2. The van der Waals surface area contributed by atoms with E-state index >= 15 is 0 Å². The van der Waals surface area contributed by atoms with Crippen molar-refractivity contribution >= 4 is 29.7 Å². The zero-order valence-electron chi connectivity index (χ0n) is 39.3. The van der Waals surface area contributed by atoms with Crippen LogP contribution in [0.4, 0.5) is 17.8 Å². The van der Waals surface area contributed by atoms with Crippen LogP contribution in [0.3, 0.4) is 0 Å². The van der Waals surface area contributed by atoms with Crippen molar-refractivity contribution in [1.82, 2.24) is 54.7 Å². The molecule has 5 rings (SSSR count). The maximum absolute atomic E-state index is 14.2. The summed E-state index contributed by atoms with van der Waals surface area (Å²) in [6.45, 7) is 15.2. The number of nitrogens with one attached hydrogen (secondary N) is 1. The normalized spacial score (nSPS) is 15.8. The quantitative estimate of drug-likeness (QED) is 0.0602. The predicted octanol–water partition coefficient (Wildman–Crippen LogP) is 0.295. The van der Waals surface area contributed by atoms with E-state index in [9.17, 15) is 9.59 Å². The molecule has 2 aliphatic heterocycles. The molecule has 3 aromatic heterocycles. The van der Waals surface area contributed by atoms with Gasteiger partial charge in [-0.15, -0.1) is 16.6 Å². The number of hydrogen-bond acceptors (Lipinski definition) is 15. The molecular weight excluding hydrogens is 833 g/mol. The number of ether oxygens (including phenoxy) is 3. The summed E-state index contributed by atoms with van der Waals surface area (Å²) in [5.41, 5.74) is 9.76. The molecular formula is C44H76N16O5+2.